The van der Waals surface area contributed by atoms with Gasteiger partial charge in [0.1, 0.15) is 11.4 Å². The molecule has 3 N–H and O–H groups in total. The van der Waals surface area contributed by atoms with E-state index in [1.165, 1.54) is 12.3 Å². The highest BCUT2D eigenvalue weighted by molar-refractivity contribution is 5.93. The van der Waals surface area contributed by atoms with Gasteiger partial charge in [0.15, 0.2) is 0 Å². The summed E-state index contributed by atoms with van der Waals surface area (Å²) in [5, 5.41) is 9.29. The maximum absolute atomic E-state index is 10.8. The van der Waals surface area contributed by atoms with Crippen LogP contribution in [-0.2, 0) is 0 Å². The average molecular weight is 177 g/mol. The second kappa shape index (κ2) is 2.48. The molecule has 0 unspecified atom stereocenters. The Bertz CT molecular complexity index is 435. The Morgan fingerprint density at radius 1 is 1.62 bits per heavy atom. The molecule has 0 saturated heterocycles. The van der Waals surface area contributed by atoms with E-state index in [4.69, 9.17) is 5.73 Å². The number of pyridine rings is 1. The third-order valence-electron chi connectivity index (χ3n) is 1.76. The maximum atomic E-state index is 10.8. The first-order valence-electron chi connectivity index (χ1n) is 3.65. The zero-order chi connectivity index (χ0) is 9.42. The highest BCUT2D eigenvalue weighted by Gasteiger charge is 2.14. The first-order chi connectivity index (χ1) is 6.18. The number of hydrogen-bond acceptors (Lipinski definition) is 3. The number of hydrogen-bond donors (Lipinski definition) is 2. The minimum absolute atomic E-state index is 0.156. The molecule has 0 aliphatic carbocycles. The van der Waals surface area contributed by atoms with Crippen LogP contribution >= 0.6 is 0 Å². The van der Waals surface area contributed by atoms with Crippen molar-refractivity contribution in [1.82, 2.24) is 9.71 Å². The summed E-state index contributed by atoms with van der Waals surface area (Å²) in [4.78, 5) is 14.7. The molecule has 0 fully saturated rings. The SMILES string of the molecule is NC(=O)c1cc2n(O)cccc-2n1. The second-order valence-corrected chi connectivity index (χ2v) is 2.63. The standard InChI is InChI=1S/C8H7N3O2/c9-8(12)6-4-7-5(10-6)2-1-3-11(7)13/h1-4,13H,(H2,9,12). The summed E-state index contributed by atoms with van der Waals surface area (Å²) >= 11 is 0. The summed E-state index contributed by atoms with van der Waals surface area (Å²) in [6.45, 7) is 0. The van der Waals surface area contributed by atoms with Gasteiger partial charge < -0.3 is 10.9 Å². The zero-order valence-corrected chi connectivity index (χ0v) is 6.64. The van der Waals surface area contributed by atoms with Gasteiger partial charge in [-0.3, -0.25) is 4.79 Å². The lowest BCUT2D eigenvalue weighted by atomic mass is 10.3. The van der Waals surface area contributed by atoms with Crippen LogP contribution in [0.1, 0.15) is 10.5 Å². The van der Waals surface area contributed by atoms with Gasteiger partial charge in [-0.05, 0) is 18.2 Å². The lowest BCUT2D eigenvalue weighted by Gasteiger charge is -2.01. The van der Waals surface area contributed by atoms with E-state index in [2.05, 4.69) is 4.98 Å². The number of rotatable bonds is 1. The lowest BCUT2D eigenvalue weighted by Crippen LogP contribution is -2.10. The molecule has 66 valence electrons. The summed E-state index contributed by atoms with van der Waals surface area (Å²) in [5.74, 6) is -0.601. The normalized spacial score (nSPS) is 10.5. The van der Waals surface area contributed by atoms with E-state index in [0.717, 1.165) is 4.73 Å². The largest absolute Gasteiger partial charge is 0.428 e. The Morgan fingerprint density at radius 2 is 2.38 bits per heavy atom. The third kappa shape index (κ3) is 1.10. The zero-order valence-electron chi connectivity index (χ0n) is 6.64. The van der Waals surface area contributed by atoms with Crippen LogP contribution in [0.4, 0.5) is 0 Å². The Labute approximate surface area is 73.7 Å². The number of aromatic nitrogens is 2. The van der Waals surface area contributed by atoms with Crippen LogP contribution in [0.25, 0.3) is 11.4 Å². The number of fused-ring (bicyclic) bond motifs is 1. The molecular weight excluding hydrogens is 170 g/mol. The van der Waals surface area contributed by atoms with Gasteiger partial charge in [-0.25, -0.2) is 4.98 Å². The van der Waals surface area contributed by atoms with Crippen LogP contribution in [0.5, 0.6) is 0 Å². The Balaban J connectivity index is 2.68. The van der Waals surface area contributed by atoms with E-state index in [-0.39, 0.29) is 5.69 Å². The van der Waals surface area contributed by atoms with Crippen molar-refractivity contribution in [2.24, 2.45) is 5.73 Å². The quantitative estimate of drug-likeness (QED) is 0.615. The first-order valence-corrected chi connectivity index (χ1v) is 3.65. The topological polar surface area (TPSA) is 81.1 Å². The molecule has 0 bridgehead atoms. The van der Waals surface area contributed by atoms with E-state index >= 15 is 0 Å². The Hall–Kier alpha value is -2.04. The molecule has 2 aliphatic heterocycles. The van der Waals surface area contributed by atoms with Gasteiger partial charge in [0.25, 0.3) is 5.91 Å². The highest BCUT2D eigenvalue weighted by atomic mass is 16.5. The molecule has 2 aliphatic rings. The van der Waals surface area contributed by atoms with Crippen LogP contribution < -0.4 is 5.73 Å². The molecule has 0 aromatic heterocycles. The molecule has 0 radical (unpaired) electrons. The number of primary amides is 1. The molecular formula is C8H7N3O2. The van der Waals surface area contributed by atoms with Crippen molar-refractivity contribution in [1.29, 1.82) is 0 Å². The average Bonchev–Trinajstić information content (AvgIpc) is 2.49. The van der Waals surface area contributed by atoms with E-state index in [0.29, 0.717) is 11.4 Å². The minimum Gasteiger partial charge on any atom is -0.428 e. The number of nitrogens with zero attached hydrogens (tertiary/aromatic N) is 2. The van der Waals surface area contributed by atoms with Crippen molar-refractivity contribution >= 4 is 5.91 Å². The summed E-state index contributed by atoms with van der Waals surface area (Å²) in [6, 6.07) is 4.76. The summed E-state index contributed by atoms with van der Waals surface area (Å²) in [5.41, 5.74) is 6.20. The molecule has 13 heavy (non-hydrogen) atoms. The predicted molar refractivity (Wildman–Crippen MR) is 44.6 cm³/mol. The number of carbonyl (C=O) groups is 1. The van der Waals surface area contributed by atoms with E-state index in [9.17, 15) is 10.0 Å². The number of carbonyl (C=O) groups excluding carboxylic acids is 1. The van der Waals surface area contributed by atoms with Gasteiger partial charge in [-0.2, -0.15) is 4.73 Å². The van der Waals surface area contributed by atoms with Crippen molar-refractivity contribution in [2.75, 3.05) is 0 Å². The molecule has 0 aromatic carbocycles. The van der Waals surface area contributed by atoms with E-state index < -0.39 is 5.91 Å². The predicted octanol–water partition coefficient (Wildman–Crippen LogP) is 0.324. The van der Waals surface area contributed by atoms with Crippen molar-refractivity contribution in [3.63, 3.8) is 0 Å². The third-order valence-corrected chi connectivity index (χ3v) is 1.76. The fraction of sp³-hybridized carbons (Fsp3) is 0. The molecule has 5 nitrogen and oxygen atoms in total. The summed E-state index contributed by atoms with van der Waals surface area (Å²) < 4.78 is 0.898. The molecule has 0 atom stereocenters. The molecule has 0 aromatic rings. The Morgan fingerprint density at radius 3 is 3.00 bits per heavy atom. The first kappa shape index (κ1) is 7.60. The van der Waals surface area contributed by atoms with E-state index in [1.807, 2.05) is 0 Å². The van der Waals surface area contributed by atoms with Gasteiger partial charge in [-0.1, -0.05) is 0 Å². The molecule has 0 spiro atoms. The number of nitrogens with two attached hydrogens (primary N) is 1. The van der Waals surface area contributed by atoms with Crippen LogP contribution in [0.15, 0.2) is 24.4 Å². The van der Waals surface area contributed by atoms with Gasteiger partial charge in [0.05, 0.1) is 5.69 Å². The smallest absolute Gasteiger partial charge is 0.267 e. The summed E-state index contributed by atoms with van der Waals surface area (Å²) in [7, 11) is 0. The van der Waals surface area contributed by atoms with Crippen molar-refractivity contribution in [3.8, 4) is 11.4 Å². The van der Waals surface area contributed by atoms with Gasteiger partial charge >= 0.3 is 0 Å². The van der Waals surface area contributed by atoms with Crippen molar-refractivity contribution in [2.45, 2.75) is 0 Å². The monoisotopic (exact) mass is 177 g/mol. The fourth-order valence-electron chi connectivity index (χ4n) is 1.15. The molecule has 2 rings (SSSR count). The summed E-state index contributed by atoms with van der Waals surface area (Å²) in [6.07, 6.45) is 1.45. The van der Waals surface area contributed by atoms with Crippen molar-refractivity contribution in [3.05, 3.63) is 30.1 Å². The lowest BCUT2D eigenvalue weighted by molar-refractivity contribution is 0.0996. The minimum atomic E-state index is -0.601. The van der Waals surface area contributed by atoms with Crippen LogP contribution in [-0.4, -0.2) is 20.8 Å². The van der Waals surface area contributed by atoms with Gasteiger partial charge in [0, 0.05) is 6.20 Å². The van der Waals surface area contributed by atoms with Gasteiger partial charge in [-0.15, -0.1) is 0 Å². The van der Waals surface area contributed by atoms with E-state index in [1.54, 1.807) is 12.1 Å². The maximum Gasteiger partial charge on any atom is 0.267 e. The highest BCUT2D eigenvalue weighted by Crippen LogP contribution is 2.20. The van der Waals surface area contributed by atoms with Crippen LogP contribution in [0.2, 0.25) is 0 Å². The molecule has 1 amide bonds. The van der Waals surface area contributed by atoms with Gasteiger partial charge in [0.2, 0.25) is 0 Å². The fourth-order valence-corrected chi connectivity index (χ4v) is 1.15. The Kier molecular flexibility index (Phi) is 1.45. The molecule has 0 saturated carbocycles. The second-order valence-electron chi connectivity index (χ2n) is 2.63. The van der Waals surface area contributed by atoms with Crippen LogP contribution in [0, 0.1) is 0 Å². The number of amides is 1. The van der Waals surface area contributed by atoms with Crippen molar-refractivity contribution < 1.29 is 10.0 Å². The van der Waals surface area contributed by atoms with Crippen LogP contribution in [0.3, 0.4) is 0 Å². The molecule has 5 heteroatoms. The molecule has 2 heterocycles.